The van der Waals surface area contributed by atoms with E-state index in [0.29, 0.717) is 0 Å². The van der Waals surface area contributed by atoms with Gasteiger partial charge in [-0.05, 0) is 12.1 Å². The Bertz CT molecular complexity index is 679. The zero-order chi connectivity index (χ0) is 17.2. The molecule has 0 saturated carbocycles. The topological polar surface area (TPSA) is 52.2 Å². The molecule has 128 valence electrons. The second-order valence-electron chi connectivity index (χ2n) is 7.45. The fourth-order valence-electron chi connectivity index (χ4n) is 3.19. The van der Waals surface area contributed by atoms with Crippen molar-refractivity contribution in [3.05, 3.63) is 53.3 Å². The van der Waals surface area contributed by atoms with Crippen molar-refractivity contribution in [2.45, 2.75) is 32.7 Å². The van der Waals surface area contributed by atoms with Crippen LogP contribution in [0.1, 0.15) is 42.4 Å². The van der Waals surface area contributed by atoms with Crippen molar-refractivity contribution in [2.75, 3.05) is 26.2 Å². The number of nitrogens with one attached hydrogen (secondary N) is 1. The monoisotopic (exact) mass is 326 g/mol. The highest BCUT2D eigenvalue weighted by Gasteiger charge is 2.25. The SMILES string of the molecule is CC(C)(C)c1[nH]ncc1CN1CCN(C(=O)c2ccccc2)CC1. The Morgan fingerprint density at radius 2 is 1.79 bits per heavy atom. The summed E-state index contributed by atoms with van der Waals surface area (Å²) in [6.45, 7) is 10.8. The third-order valence-electron chi connectivity index (χ3n) is 4.54. The first-order valence-electron chi connectivity index (χ1n) is 8.54. The van der Waals surface area contributed by atoms with Crippen LogP contribution in [0.2, 0.25) is 0 Å². The minimum Gasteiger partial charge on any atom is -0.336 e. The maximum atomic E-state index is 12.5. The van der Waals surface area contributed by atoms with E-state index < -0.39 is 0 Å². The fourth-order valence-corrected chi connectivity index (χ4v) is 3.19. The summed E-state index contributed by atoms with van der Waals surface area (Å²) in [6, 6.07) is 9.53. The van der Waals surface area contributed by atoms with Gasteiger partial charge in [0.2, 0.25) is 0 Å². The van der Waals surface area contributed by atoms with Crippen LogP contribution in [0.5, 0.6) is 0 Å². The number of piperazine rings is 1. The minimum absolute atomic E-state index is 0.0664. The van der Waals surface area contributed by atoms with E-state index in [1.54, 1.807) is 0 Å². The van der Waals surface area contributed by atoms with Crippen molar-refractivity contribution in [2.24, 2.45) is 0 Å². The molecule has 24 heavy (non-hydrogen) atoms. The molecule has 0 bridgehead atoms. The Kier molecular flexibility index (Phi) is 4.71. The van der Waals surface area contributed by atoms with Gasteiger partial charge < -0.3 is 4.90 Å². The first kappa shape index (κ1) is 16.7. The number of H-pyrrole nitrogens is 1. The Morgan fingerprint density at radius 1 is 1.12 bits per heavy atom. The summed E-state index contributed by atoms with van der Waals surface area (Å²) < 4.78 is 0. The Morgan fingerprint density at radius 3 is 2.42 bits per heavy atom. The molecular formula is C19H26N4O. The lowest BCUT2D eigenvalue weighted by atomic mass is 9.89. The number of carbonyl (C=O) groups is 1. The molecule has 1 N–H and O–H groups in total. The van der Waals surface area contributed by atoms with Crippen LogP contribution in [-0.4, -0.2) is 52.1 Å². The van der Waals surface area contributed by atoms with E-state index >= 15 is 0 Å². The second-order valence-corrected chi connectivity index (χ2v) is 7.45. The van der Waals surface area contributed by atoms with Crippen molar-refractivity contribution in [1.29, 1.82) is 0 Å². The van der Waals surface area contributed by atoms with Crippen molar-refractivity contribution < 1.29 is 4.79 Å². The summed E-state index contributed by atoms with van der Waals surface area (Å²) in [6.07, 6.45) is 1.93. The van der Waals surface area contributed by atoms with Crippen molar-refractivity contribution in [1.82, 2.24) is 20.0 Å². The Labute approximate surface area is 143 Å². The van der Waals surface area contributed by atoms with Gasteiger partial charge in [0, 0.05) is 55.0 Å². The maximum absolute atomic E-state index is 12.5. The van der Waals surface area contributed by atoms with Crippen LogP contribution < -0.4 is 0 Å². The van der Waals surface area contributed by atoms with E-state index in [1.165, 1.54) is 11.3 Å². The molecule has 2 aromatic rings. The highest BCUT2D eigenvalue weighted by atomic mass is 16.2. The van der Waals surface area contributed by atoms with E-state index in [4.69, 9.17) is 0 Å². The van der Waals surface area contributed by atoms with Crippen LogP contribution >= 0.6 is 0 Å². The molecule has 3 rings (SSSR count). The largest absolute Gasteiger partial charge is 0.336 e. The highest BCUT2D eigenvalue weighted by Crippen LogP contribution is 2.24. The lowest BCUT2D eigenvalue weighted by molar-refractivity contribution is 0.0628. The van der Waals surface area contributed by atoms with Gasteiger partial charge >= 0.3 is 0 Å². The molecule has 1 aromatic carbocycles. The smallest absolute Gasteiger partial charge is 0.253 e. The molecule has 5 nitrogen and oxygen atoms in total. The van der Waals surface area contributed by atoms with Crippen molar-refractivity contribution in [3.8, 4) is 0 Å². The van der Waals surface area contributed by atoms with E-state index in [2.05, 4.69) is 35.9 Å². The van der Waals surface area contributed by atoms with Gasteiger partial charge in [0.25, 0.3) is 5.91 Å². The maximum Gasteiger partial charge on any atom is 0.253 e. The van der Waals surface area contributed by atoms with Crippen LogP contribution in [0.25, 0.3) is 0 Å². The standard InChI is InChI=1S/C19H26N4O/c1-19(2,3)17-16(13-20-21-17)14-22-9-11-23(12-10-22)18(24)15-7-5-4-6-8-15/h4-8,13H,9-12,14H2,1-3H3,(H,20,21). The number of nitrogens with zero attached hydrogens (tertiary/aromatic N) is 3. The zero-order valence-corrected chi connectivity index (χ0v) is 14.7. The van der Waals surface area contributed by atoms with E-state index in [0.717, 1.165) is 38.3 Å². The van der Waals surface area contributed by atoms with Crippen LogP contribution in [0.3, 0.4) is 0 Å². The predicted molar refractivity (Wildman–Crippen MR) is 94.9 cm³/mol. The van der Waals surface area contributed by atoms with E-state index in [1.807, 2.05) is 41.4 Å². The lowest BCUT2D eigenvalue weighted by Gasteiger charge is -2.35. The van der Waals surface area contributed by atoms with Gasteiger partial charge in [-0.15, -0.1) is 0 Å². The van der Waals surface area contributed by atoms with Crippen molar-refractivity contribution in [3.63, 3.8) is 0 Å². The van der Waals surface area contributed by atoms with Gasteiger partial charge in [-0.2, -0.15) is 5.10 Å². The minimum atomic E-state index is 0.0664. The molecule has 1 aliphatic rings. The van der Waals surface area contributed by atoms with E-state index in [9.17, 15) is 4.79 Å². The van der Waals surface area contributed by atoms with Crippen LogP contribution in [0.15, 0.2) is 36.5 Å². The van der Waals surface area contributed by atoms with E-state index in [-0.39, 0.29) is 11.3 Å². The van der Waals surface area contributed by atoms with Crippen LogP contribution in [0.4, 0.5) is 0 Å². The number of aromatic nitrogens is 2. The van der Waals surface area contributed by atoms with Crippen LogP contribution in [0, 0.1) is 0 Å². The summed E-state index contributed by atoms with van der Waals surface area (Å²) >= 11 is 0. The first-order chi connectivity index (χ1) is 11.4. The zero-order valence-electron chi connectivity index (χ0n) is 14.7. The Hall–Kier alpha value is -2.14. The average molecular weight is 326 g/mol. The number of aromatic amines is 1. The summed E-state index contributed by atoms with van der Waals surface area (Å²) in [5.74, 6) is 0.133. The molecule has 0 aliphatic carbocycles. The molecular weight excluding hydrogens is 300 g/mol. The second kappa shape index (κ2) is 6.77. The summed E-state index contributed by atoms with van der Waals surface area (Å²) in [5, 5.41) is 7.36. The van der Waals surface area contributed by atoms with Crippen LogP contribution in [-0.2, 0) is 12.0 Å². The molecule has 2 heterocycles. The third-order valence-corrected chi connectivity index (χ3v) is 4.54. The molecule has 5 heteroatoms. The average Bonchev–Trinajstić information content (AvgIpc) is 3.04. The van der Waals surface area contributed by atoms with Gasteiger partial charge in [0.1, 0.15) is 0 Å². The number of carbonyl (C=O) groups excluding carboxylic acids is 1. The summed E-state index contributed by atoms with van der Waals surface area (Å²) in [7, 11) is 0. The number of hydrogen-bond acceptors (Lipinski definition) is 3. The summed E-state index contributed by atoms with van der Waals surface area (Å²) in [4.78, 5) is 16.8. The van der Waals surface area contributed by atoms with Gasteiger partial charge in [0.15, 0.2) is 0 Å². The van der Waals surface area contributed by atoms with Gasteiger partial charge in [-0.3, -0.25) is 14.8 Å². The predicted octanol–water partition coefficient (Wildman–Crippen LogP) is 2.67. The summed E-state index contributed by atoms with van der Waals surface area (Å²) in [5.41, 5.74) is 3.29. The fraction of sp³-hybridized carbons (Fsp3) is 0.474. The molecule has 0 spiro atoms. The van der Waals surface area contributed by atoms with Gasteiger partial charge in [0.05, 0.1) is 6.20 Å². The Balaban J connectivity index is 1.58. The molecule has 0 atom stereocenters. The molecule has 1 amide bonds. The molecule has 1 aromatic heterocycles. The van der Waals surface area contributed by atoms with Crippen molar-refractivity contribution >= 4 is 5.91 Å². The number of amides is 1. The number of benzene rings is 1. The molecule has 1 saturated heterocycles. The quantitative estimate of drug-likeness (QED) is 0.943. The number of rotatable bonds is 3. The normalized spacial score (nSPS) is 16.4. The number of hydrogen-bond donors (Lipinski definition) is 1. The molecule has 0 unspecified atom stereocenters. The molecule has 1 aliphatic heterocycles. The molecule has 0 radical (unpaired) electrons. The van der Waals surface area contributed by atoms with Gasteiger partial charge in [-0.1, -0.05) is 39.0 Å². The first-order valence-corrected chi connectivity index (χ1v) is 8.54. The van der Waals surface area contributed by atoms with Gasteiger partial charge in [-0.25, -0.2) is 0 Å². The molecule has 1 fully saturated rings. The highest BCUT2D eigenvalue weighted by molar-refractivity contribution is 5.94. The third kappa shape index (κ3) is 3.67. The lowest BCUT2D eigenvalue weighted by Crippen LogP contribution is -2.48.